The number of nitrogens with zero attached hydrogens (tertiary/aromatic N) is 2. The highest BCUT2D eigenvalue weighted by molar-refractivity contribution is 5.75. The van der Waals surface area contributed by atoms with Crippen LogP contribution in [0.15, 0.2) is 18.2 Å². The minimum absolute atomic E-state index is 0.596. The molecule has 0 aliphatic heterocycles. The van der Waals surface area contributed by atoms with Gasteiger partial charge in [-0.1, -0.05) is 11.8 Å². The smallest absolute Gasteiger partial charge is 0.114 e. The number of H-pyrrole nitrogens is 1. The van der Waals surface area contributed by atoms with Gasteiger partial charge in [0.25, 0.3) is 0 Å². The Labute approximate surface area is 81.5 Å². The highest BCUT2D eigenvalue weighted by atomic mass is 15.3. The second-order valence-electron chi connectivity index (χ2n) is 2.87. The van der Waals surface area contributed by atoms with Crippen LogP contribution in [0.3, 0.4) is 0 Å². The van der Waals surface area contributed by atoms with Crippen LogP contribution in [0, 0.1) is 11.8 Å². The molecule has 0 aliphatic rings. The second kappa shape index (κ2) is 3.90. The summed E-state index contributed by atoms with van der Waals surface area (Å²) in [5.74, 6) is 5.99. The number of nitrogens with one attached hydrogen (secondary N) is 1. The van der Waals surface area contributed by atoms with Crippen LogP contribution in [-0.2, 0) is 0 Å². The van der Waals surface area contributed by atoms with E-state index < -0.39 is 0 Å². The number of hydrogen-bond donors (Lipinski definition) is 2. The third kappa shape index (κ3) is 1.73. The maximum Gasteiger partial charge on any atom is 0.114 e. The summed E-state index contributed by atoms with van der Waals surface area (Å²) < 4.78 is 0. The van der Waals surface area contributed by atoms with Crippen LogP contribution < -0.4 is 5.73 Å². The molecule has 0 bridgehead atoms. The first-order chi connectivity index (χ1) is 6.90. The molecule has 0 saturated carbocycles. The summed E-state index contributed by atoms with van der Waals surface area (Å²) in [6, 6.07) is 5.72. The minimum Gasteiger partial charge on any atom is -0.330 e. The molecule has 0 unspecified atom stereocenters. The summed E-state index contributed by atoms with van der Waals surface area (Å²) >= 11 is 0. The van der Waals surface area contributed by atoms with Gasteiger partial charge in [-0.2, -0.15) is 15.4 Å². The average molecular weight is 186 g/mol. The molecule has 2 rings (SSSR count). The lowest BCUT2D eigenvalue weighted by Crippen LogP contribution is -1.95. The Hall–Kier alpha value is -1.86. The predicted molar refractivity (Wildman–Crippen MR) is 54.4 cm³/mol. The van der Waals surface area contributed by atoms with E-state index in [9.17, 15) is 0 Å². The van der Waals surface area contributed by atoms with Crippen LogP contribution in [0.5, 0.6) is 0 Å². The molecule has 0 saturated heterocycles. The Morgan fingerprint density at radius 2 is 2.14 bits per heavy atom. The van der Waals surface area contributed by atoms with Crippen LogP contribution in [0.25, 0.3) is 11.0 Å². The molecular weight excluding hydrogens is 176 g/mol. The molecule has 1 heterocycles. The quantitative estimate of drug-likeness (QED) is 0.643. The van der Waals surface area contributed by atoms with Crippen LogP contribution >= 0.6 is 0 Å². The van der Waals surface area contributed by atoms with Gasteiger partial charge in [-0.25, -0.2) is 0 Å². The monoisotopic (exact) mass is 186 g/mol. The molecule has 70 valence electrons. The van der Waals surface area contributed by atoms with E-state index >= 15 is 0 Å². The lowest BCUT2D eigenvalue weighted by atomic mass is 10.2. The molecule has 0 amide bonds. The van der Waals surface area contributed by atoms with Crippen molar-refractivity contribution in [3.05, 3.63) is 23.8 Å². The third-order valence-electron chi connectivity index (χ3n) is 1.82. The van der Waals surface area contributed by atoms with Gasteiger partial charge in [0.05, 0.1) is 0 Å². The van der Waals surface area contributed by atoms with Gasteiger partial charge in [-0.05, 0) is 18.2 Å². The minimum atomic E-state index is 0.596. The van der Waals surface area contributed by atoms with Crippen LogP contribution in [-0.4, -0.2) is 22.0 Å². The number of nitrogens with two attached hydrogens (primary N) is 1. The Morgan fingerprint density at radius 3 is 3.00 bits per heavy atom. The molecule has 0 radical (unpaired) electrons. The first-order valence-corrected chi connectivity index (χ1v) is 4.39. The lowest BCUT2D eigenvalue weighted by molar-refractivity contribution is 0.959. The zero-order valence-corrected chi connectivity index (χ0v) is 7.62. The van der Waals surface area contributed by atoms with Gasteiger partial charge in [0.1, 0.15) is 11.0 Å². The Kier molecular flexibility index (Phi) is 2.43. The van der Waals surface area contributed by atoms with Crippen molar-refractivity contribution in [2.24, 2.45) is 5.73 Å². The zero-order chi connectivity index (χ0) is 9.80. The van der Waals surface area contributed by atoms with Crippen molar-refractivity contribution in [1.82, 2.24) is 15.4 Å². The van der Waals surface area contributed by atoms with Crippen molar-refractivity contribution in [2.75, 3.05) is 6.54 Å². The Morgan fingerprint density at radius 1 is 1.29 bits per heavy atom. The molecule has 4 nitrogen and oxygen atoms in total. The van der Waals surface area contributed by atoms with E-state index in [0.29, 0.717) is 6.54 Å². The molecule has 14 heavy (non-hydrogen) atoms. The number of rotatable bonds is 1. The standard InChI is InChI=1S/C10H10N4/c11-6-2-1-3-8-4-5-9-10(7-8)13-14-12-9/h4-5,7H,2,6,11H2,(H,12,13,14). The van der Waals surface area contributed by atoms with E-state index in [2.05, 4.69) is 27.3 Å². The molecule has 2 aromatic rings. The van der Waals surface area contributed by atoms with E-state index in [1.54, 1.807) is 0 Å². The lowest BCUT2D eigenvalue weighted by Gasteiger charge is -1.88. The van der Waals surface area contributed by atoms with Gasteiger partial charge in [-0.3, -0.25) is 0 Å². The maximum atomic E-state index is 5.34. The van der Waals surface area contributed by atoms with Crippen molar-refractivity contribution < 1.29 is 0 Å². The fraction of sp³-hybridized carbons (Fsp3) is 0.200. The Bertz CT molecular complexity index is 489. The molecule has 0 fully saturated rings. The first kappa shape index (κ1) is 8.73. The largest absolute Gasteiger partial charge is 0.330 e. The molecule has 0 atom stereocenters. The van der Waals surface area contributed by atoms with Crippen LogP contribution in [0.2, 0.25) is 0 Å². The third-order valence-corrected chi connectivity index (χ3v) is 1.82. The molecule has 0 spiro atoms. The van der Waals surface area contributed by atoms with Crippen molar-refractivity contribution >= 4 is 11.0 Å². The van der Waals surface area contributed by atoms with Gasteiger partial charge in [0, 0.05) is 18.5 Å². The number of hydrogen-bond acceptors (Lipinski definition) is 3. The van der Waals surface area contributed by atoms with E-state index in [1.165, 1.54) is 0 Å². The molecule has 4 heteroatoms. The van der Waals surface area contributed by atoms with Gasteiger partial charge < -0.3 is 5.73 Å². The fourth-order valence-corrected chi connectivity index (χ4v) is 1.15. The second-order valence-corrected chi connectivity index (χ2v) is 2.87. The summed E-state index contributed by atoms with van der Waals surface area (Å²) in [6.45, 7) is 0.596. The van der Waals surface area contributed by atoms with E-state index in [4.69, 9.17) is 5.73 Å². The predicted octanol–water partition coefficient (Wildman–Crippen LogP) is 0.658. The van der Waals surface area contributed by atoms with Crippen LogP contribution in [0.1, 0.15) is 12.0 Å². The highest BCUT2D eigenvalue weighted by Gasteiger charge is 1.96. The molecule has 3 N–H and O–H groups in total. The molecule has 1 aromatic carbocycles. The summed E-state index contributed by atoms with van der Waals surface area (Å²) in [6.07, 6.45) is 0.719. The van der Waals surface area contributed by atoms with Crippen molar-refractivity contribution in [2.45, 2.75) is 6.42 Å². The SMILES string of the molecule is NCCC#Cc1ccc2n[nH]nc2c1. The summed E-state index contributed by atoms with van der Waals surface area (Å²) in [5.41, 5.74) is 7.97. The van der Waals surface area contributed by atoms with E-state index in [0.717, 1.165) is 23.0 Å². The van der Waals surface area contributed by atoms with Gasteiger partial charge >= 0.3 is 0 Å². The van der Waals surface area contributed by atoms with E-state index in [-0.39, 0.29) is 0 Å². The van der Waals surface area contributed by atoms with Crippen molar-refractivity contribution in [3.63, 3.8) is 0 Å². The van der Waals surface area contributed by atoms with Gasteiger partial charge in [0.15, 0.2) is 0 Å². The van der Waals surface area contributed by atoms with Crippen LogP contribution in [0.4, 0.5) is 0 Å². The number of benzene rings is 1. The highest BCUT2D eigenvalue weighted by Crippen LogP contribution is 2.09. The van der Waals surface area contributed by atoms with E-state index in [1.807, 2.05) is 18.2 Å². The summed E-state index contributed by atoms with van der Waals surface area (Å²) in [5, 5.41) is 10.5. The number of aromatic amines is 1. The normalized spacial score (nSPS) is 9.79. The number of aromatic nitrogens is 3. The molecule has 0 aliphatic carbocycles. The van der Waals surface area contributed by atoms with Crippen molar-refractivity contribution in [1.29, 1.82) is 0 Å². The Balaban J connectivity index is 2.31. The van der Waals surface area contributed by atoms with Crippen molar-refractivity contribution in [3.8, 4) is 11.8 Å². The average Bonchev–Trinajstić information content (AvgIpc) is 2.65. The number of fused-ring (bicyclic) bond motifs is 1. The molecular formula is C10H10N4. The fourth-order valence-electron chi connectivity index (χ4n) is 1.15. The molecule has 1 aromatic heterocycles. The van der Waals surface area contributed by atoms with Gasteiger partial charge in [0.2, 0.25) is 0 Å². The zero-order valence-electron chi connectivity index (χ0n) is 7.62. The summed E-state index contributed by atoms with van der Waals surface area (Å²) in [7, 11) is 0. The summed E-state index contributed by atoms with van der Waals surface area (Å²) in [4.78, 5) is 0. The topological polar surface area (TPSA) is 67.6 Å². The van der Waals surface area contributed by atoms with Gasteiger partial charge in [-0.15, -0.1) is 0 Å². The maximum absolute atomic E-state index is 5.34. The first-order valence-electron chi connectivity index (χ1n) is 4.39.